The van der Waals surface area contributed by atoms with E-state index in [9.17, 15) is 9.18 Å². The highest BCUT2D eigenvalue weighted by Gasteiger charge is 2.15. The van der Waals surface area contributed by atoms with Crippen LogP contribution in [0.15, 0.2) is 42.5 Å². The number of benzene rings is 2. The summed E-state index contributed by atoms with van der Waals surface area (Å²) in [5.74, 6) is 0.0440. The van der Waals surface area contributed by atoms with Gasteiger partial charge >= 0.3 is 0 Å². The molecule has 0 aliphatic rings. The summed E-state index contributed by atoms with van der Waals surface area (Å²) in [7, 11) is 0. The lowest BCUT2D eigenvalue weighted by atomic mass is 10.1. The number of carbonyl (C=O) groups is 1. The first-order valence-corrected chi connectivity index (χ1v) is 6.75. The summed E-state index contributed by atoms with van der Waals surface area (Å²) in [5, 5.41) is 2.69. The number of hydrogen-bond donors (Lipinski definition) is 1. The highest BCUT2D eigenvalue weighted by Crippen LogP contribution is 2.18. The van der Waals surface area contributed by atoms with Gasteiger partial charge in [-0.1, -0.05) is 6.07 Å². The Bertz CT molecular complexity index is 617. The normalized spacial score (nSPS) is 11.8. The van der Waals surface area contributed by atoms with E-state index >= 15 is 0 Å². The van der Waals surface area contributed by atoms with Crippen LogP contribution in [0.5, 0.6) is 5.75 Å². The highest BCUT2D eigenvalue weighted by atomic mass is 19.1. The van der Waals surface area contributed by atoms with Gasteiger partial charge < -0.3 is 10.1 Å². The van der Waals surface area contributed by atoms with E-state index < -0.39 is 6.10 Å². The molecule has 0 spiro atoms. The van der Waals surface area contributed by atoms with E-state index in [0.29, 0.717) is 11.4 Å². The van der Waals surface area contributed by atoms with Gasteiger partial charge in [0.15, 0.2) is 6.10 Å². The Morgan fingerprint density at radius 2 is 1.67 bits per heavy atom. The molecule has 2 aromatic rings. The third kappa shape index (κ3) is 4.31. The number of nitrogens with one attached hydrogen (secondary N) is 1. The largest absolute Gasteiger partial charge is 0.481 e. The van der Waals surface area contributed by atoms with Crippen LogP contribution < -0.4 is 10.1 Å². The van der Waals surface area contributed by atoms with Crippen LogP contribution in [0.1, 0.15) is 18.1 Å². The molecule has 2 aromatic carbocycles. The Labute approximate surface area is 123 Å². The second kappa shape index (κ2) is 6.39. The second-order valence-electron chi connectivity index (χ2n) is 5.08. The highest BCUT2D eigenvalue weighted by molar-refractivity contribution is 5.94. The minimum Gasteiger partial charge on any atom is -0.481 e. The number of aryl methyl sites for hydroxylation is 2. The first kappa shape index (κ1) is 15.0. The molecule has 0 bridgehead atoms. The van der Waals surface area contributed by atoms with Gasteiger partial charge in [0.1, 0.15) is 11.6 Å². The molecule has 0 saturated heterocycles. The van der Waals surface area contributed by atoms with Gasteiger partial charge in [-0.2, -0.15) is 0 Å². The molecule has 0 saturated carbocycles. The summed E-state index contributed by atoms with van der Waals surface area (Å²) in [5.41, 5.74) is 2.70. The van der Waals surface area contributed by atoms with Gasteiger partial charge in [0.2, 0.25) is 0 Å². The lowest BCUT2D eigenvalue weighted by molar-refractivity contribution is -0.122. The Balaban J connectivity index is 2.00. The predicted molar refractivity (Wildman–Crippen MR) is 81.0 cm³/mol. The van der Waals surface area contributed by atoms with Crippen molar-refractivity contribution in [1.29, 1.82) is 0 Å². The topological polar surface area (TPSA) is 38.3 Å². The zero-order chi connectivity index (χ0) is 15.4. The standard InChI is InChI=1S/C17H18FNO2/c1-11-8-12(2)10-16(9-11)21-13(3)17(20)19-15-6-4-14(18)5-7-15/h4-10,13H,1-3H3,(H,19,20)/t13-/m0/s1. The van der Waals surface area contributed by atoms with Gasteiger partial charge in [-0.15, -0.1) is 0 Å². The number of rotatable bonds is 4. The van der Waals surface area contributed by atoms with E-state index in [1.54, 1.807) is 6.92 Å². The van der Waals surface area contributed by atoms with E-state index in [-0.39, 0.29) is 11.7 Å². The van der Waals surface area contributed by atoms with Crippen LogP contribution in [0.3, 0.4) is 0 Å². The molecule has 0 aliphatic heterocycles. The molecule has 0 radical (unpaired) electrons. The SMILES string of the molecule is Cc1cc(C)cc(O[C@@H](C)C(=O)Nc2ccc(F)cc2)c1. The van der Waals surface area contributed by atoms with Crippen LogP contribution >= 0.6 is 0 Å². The maximum atomic E-state index is 12.8. The number of halogens is 1. The smallest absolute Gasteiger partial charge is 0.265 e. The van der Waals surface area contributed by atoms with E-state index in [0.717, 1.165) is 11.1 Å². The van der Waals surface area contributed by atoms with Gasteiger partial charge in [-0.25, -0.2) is 4.39 Å². The molecule has 1 amide bonds. The molecule has 0 heterocycles. The minimum atomic E-state index is -0.642. The molecule has 1 N–H and O–H groups in total. The summed E-state index contributed by atoms with van der Waals surface area (Å²) in [6, 6.07) is 11.4. The van der Waals surface area contributed by atoms with Crippen molar-refractivity contribution < 1.29 is 13.9 Å². The zero-order valence-corrected chi connectivity index (χ0v) is 12.3. The third-order valence-corrected chi connectivity index (χ3v) is 2.99. The fourth-order valence-corrected chi connectivity index (χ4v) is 2.04. The molecule has 4 heteroatoms. The van der Waals surface area contributed by atoms with Crippen molar-refractivity contribution in [3.63, 3.8) is 0 Å². The van der Waals surface area contributed by atoms with Crippen molar-refractivity contribution >= 4 is 11.6 Å². The predicted octanol–water partition coefficient (Wildman–Crippen LogP) is 3.85. The van der Waals surface area contributed by atoms with Gasteiger partial charge in [0.25, 0.3) is 5.91 Å². The Kier molecular flexibility index (Phi) is 4.58. The van der Waals surface area contributed by atoms with Crippen LogP contribution in [0, 0.1) is 19.7 Å². The Morgan fingerprint density at radius 1 is 1.10 bits per heavy atom. The van der Waals surface area contributed by atoms with E-state index in [1.165, 1.54) is 24.3 Å². The summed E-state index contributed by atoms with van der Waals surface area (Å²) >= 11 is 0. The van der Waals surface area contributed by atoms with Crippen molar-refractivity contribution in [2.75, 3.05) is 5.32 Å². The average molecular weight is 287 g/mol. The molecule has 21 heavy (non-hydrogen) atoms. The van der Waals surface area contributed by atoms with Crippen molar-refractivity contribution in [3.8, 4) is 5.75 Å². The first-order chi connectivity index (χ1) is 9.94. The number of amides is 1. The zero-order valence-electron chi connectivity index (χ0n) is 12.3. The number of ether oxygens (including phenoxy) is 1. The van der Waals surface area contributed by atoms with Crippen LogP contribution in [0.4, 0.5) is 10.1 Å². The third-order valence-electron chi connectivity index (χ3n) is 2.99. The van der Waals surface area contributed by atoms with Crippen molar-refractivity contribution in [3.05, 3.63) is 59.4 Å². The van der Waals surface area contributed by atoms with Gasteiger partial charge in [-0.05, 0) is 68.3 Å². The fourth-order valence-electron chi connectivity index (χ4n) is 2.04. The molecular formula is C17H18FNO2. The summed E-state index contributed by atoms with van der Waals surface area (Å²) in [6.45, 7) is 5.63. The minimum absolute atomic E-state index is 0.277. The number of anilines is 1. The molecule has 3 nitrogen and oxygen atoms in total. The summed E-state index contributed by atoms with van der Waals surface area (Å²) < 4.78 is 18.5. The number of carbonyl (C=O) groups excluding carboxylic acids is 1. The first-order valence-electron chi connectivity index (χ1n) is 6.75. The Hall–Kier alpha value is -2.36. The maximum Gasteiger partial charge on any atom is 0.265 e. The number of hydrogen-bond acceptors (Lipinski definition) is 2. The summed E-state index contributed by atoms with van der Waals surface area (Å²) in [4.78, 5) is 12.0. The van der Waals surface area contributed by atoms with Crippen LogP contribution in [0.2, 0.25) is 0 Å². The second-order valence-corrected chi connectivity index (χ2v) is 5.08. The molecule has 0 fully saturated rings. The Morgan fingerprint density at radius 3 is 2.24 bits per heavy atom. The monoisotopic (exact) mass is 287 g/mol. The van der Waals surface area contributed by atoms with Crippen molar-refractivity contribution in [2.24, 2.45) is 0 Å². The molecule has 110 valence electrons. The van der Waals surface area contributed by atoms with Crippen LogP contribution in [-0.4, -0.2) is 12.0 Å². The van der Waals surface area contributed by atoms with E-state index in [4.69, 9.17) is 4.74 Å². The summed E-state index contributed by atoms with van der Waals surface area (Å²) in [6.07, 6.45) is -0.642. The molecule has 0 aliphatic carbocycles. The molecule has 0 unspecified atom stereocenters. The quantitative estimate of drug-likeness (QED) is 0.927. The van der Waals surface area contributed by atoms with Crippen molar-refractivity contribution in [1.82, 2.24) is 0 Å². The van der Waals surface area contributed by atoms with Gasteiger partial charge in [0, 0.05) is 5.69 Å². The van der Waals surface area contributed by atoms with Gasteiger partial charge in [-0.3, -0.25) is 4.79 Å². The van der Waals surface area contributed by atoms with Crippen LogP contribution in [0.25, 0.3) is 0 Å². The average Bonchev–Trinajstić information content (AvgIpc) is 2.40. The van der Waals surface area contributed by atoms with E-state index in [2.05, 4.69) is 5.32 Å². The molecule has 0 aromatic heterocycles. The van der Waals surface area contributed by atoms with Crippen molar-refractivity contribution in [2.45, 2.75) is 26.9 Å². The lowest BCUT2D eigenvalue weighted by Crippen LogP contribution is -2.30. The fraction of sp³-hybridized carbons (Fsp3) is 0.235. The molecular weight excluding hydrogens is 269 g/mol. The maximum absolute atomic E-state index is 12.8. The molecule has 2 rings (SSSR count). The van der Waals surface area contributed by atoms with Gasteiger partial charge in [0.05, 0.1) is 0 Å². The van der Waals surface area contributed by atoms with E-state index in [1.807, 2.05) is 32.0 Å². The lowest BCUT2D eigenvalue weighted by Gasteiger charge is -2.15. The van der Waals surface area contributed by atoms with Crippen LogP contribution in [-0.2, 0) is 4.79 Å². The molecule has 1 atom stereocenters.